The first-order chi connectivity index (χ1) is 11.7. The van der Waals surface area contributed by atoms with Crippen molar-refractivity contribution in [1.29, 1.82) is 0 Å². The highest BCUT2D eigenvalue weighted by atomic mass is 16.5. The molecular formula is C20H29NO3. The normalized spacial score (nSPS) is 11.1. The predicted octanol–water partition coefficient (Wildman–Crippen LogP) is 5.83. The Labute approximate surface area is 144 Å². The Morgan fingerprint density at radius 3 is 2.38 bits per heavy atom. The number of nitrogens with zero attached hydrogens (tertiary/aromatic N) is 1. The van der Waals surface area contributed by atoms with Crippen LogP contribution in [0.15, 0.2) is 22.7 Å². The lowest BCUT2D eigenvalue weighted by Gasteiger charge is -2.04. The van der Waals surface area contributed by atoms with Crippen molar-refractivity contribution in [1.82, 2.24) is 5.16 Å². The van der Waals surface area contributed by atoms with Crippen molar-refractivity contribution < 1.29 is 14.1 Å². The SMILES string of the molecule is CCCCCCCCCCCc1noc2cccc(OC(C)=O)c12. The molecule has 0 aliphatic carbocycles. The van der Waals surface area contributed by atoms with E-state index in [4.69, 9.17) is 9.26 Å². The average Bonchev–Trinajstić information content (AvgIpc) is 2.97. The molecule has 0 atom stereocenters. The summed E-state index contributed by atoms with van der Waals surface area (Å²) < 4.78 is 10.6. The molecule has 4 nitrogen and oxygen atoms in total. The van der Waals surface area contributed by atoms with E-state index in [1.807, 2.05) is 12.1 Å². The molecule has 1 aromatic carbocycles. The van der Waals surface area contributed by atoms with E-state index in [0.717, 1.165) is 23.9 Å². The molecule has 0 bridgehead atoms. The number of unbranched alkanes of at least 4 members (excludes halogenated alkanes) is 8. The summed E-state index contributed by atoms with van der Waals surface area (Å²) in [5.74, 6) is 0.227. The predicted molar refractivity (Wildman–Crippen MR) is 96.2 cm³/mol. The molecule has 0 saturated heterocycles. The van der Waals surface area contributed by atoms with Crippen LogP contribution in [0.3, 0.4) is 0 Å². The number of rotatable bonds is 11. The second kappa shape index (κ2) is 10.1. The summed E-state index contributed by atoms with van der Waals surface area (Å²) in [6, 6.07) is 5.46. The zero-order chi connectivity index (χ0) is 17.2. The third-order valence-corrected chi connectivity index (χ3v) is 4.30. The van der Waals surface area contributed by atoms with Crippen LogP contribution in [0, 0.1) is 0 Å². The van der Waals surface area contributed by atoms with Gasteiger partial charge >= 0.3 is 5.97 Å². The van der Waals surface area contributed by atoms with E-state index in [1.54, 1.807) is 6.07 Å². The van der Waals surface area contributed by atoms with Gasteiger partial charge in [-0.15, -0.1) is 0 Å². The second-order valence-electron chi connectivity index (χ2n) is 6.43. The number of benzene rings is 1. The Morgan fingerprint density at radius 1 is 1.04 bits per heavy atom. The van der Waals surface area contributed by atoms with Gasteiger partial charge in [-0.1, -0.05) is 69.5 Å². The highest BCUT2D eigenvalue weighted by Gasteiger charge is 2.14. The van der Waals surface area contributed by atoms with Crippen molar-refractivity contribution in [3.63, 3.8) is 0 Å². The van der Waals surface area contributed by atoms with E-state index in [0.29, 0.717) is 11.3 Å². The Bertz CT molecular complexity index is 633. The number of fused-ring (bicyclic) bond motifs is 1. The number of carbonyl (C=O) groups is 1. The van der Waals surface area contributed by atoms with Crippen molar-refractivity contribution in [2.24, 2.45) is 0 Å². The summed E-state index contributed by atoms with van der Waals surface area (Å²) in [6.07, 6.45) is 12.5. The molecule has 0 aliphatic heterocycles. The molecule has 0 aliphatic rings. The number of aromatic nitrogens is 1. The first-order valence-corrected chi connectivity index (χ1v) is 9.28. The summed E-state index contributed by atoms with van der Waals surface area (Å²) in [5, 5.41) is 5.00. The minimum Gasteiger partial charge on any atom is -0.426 e. The largest absolute Gasteiger partial charge is 0.426 e. The van der Waals surface area contributed by atoms with Gasteiger partial charge in [-0.2, -0.15) is 0 Å². The van der Waals surface area contributed by atoms with E-state index in [9.17, 15) is 4.79 Å². The van der Waals surface area contributed by atoms with Gasteiger partial charge in [0, 0.05) is 6.92 Å². The zero-order valence-corrected chi connectivity index (χ0v) is 15.0. The summed E-state index contributed by atoms with van der Waals surface area (Å²) in [4.78, 5) is 11.2. The maximum absolute atomic E-state index is 11.2. The smallest absolute Gasteiger partial charge is 0.308 e. The Balaban J connectivity index is 1.78. The molecule has 0 N–H and O–H groups in total. The van der Waals surface area contributed by atoms with Crippen molar-refractivity contribution in [3.8, 4) is 5.75 Å². The number of esters is 1. The second-order valence-corrected chi connectivity index (χ2v) is 6.43. The fraction of sp³-hybridized carbons (Fsp3) is 0.600. The number of carbonyl (C=O) groups excluding carboxylic acids is 1. The maximum atomic E-state index is 11.2. The lowest BCUT2D eigenvalue weighted by molar-refractivity contribution is -0.131. The fourth-order valence-electron chi connectivity index (χ4n) is 3.04. The van der Waals surface area contributed by atoms with Crippen molar-refractivity contribution in [2.45, 2.75) is 78.1 Å². The Hall–Kier alpha value is -1.84. The topological polar surface area (TPSA) is 52.3 Å². The number of hydrogen-bond donors (Lipinski definition) is 0. The molecule has 0 radical (unpaired) electrons. The summed E-state index contributed by atoms with van der Waals surface area (Å²) >= 11 is 0. The zero-order valence-electron chi connectivity index (χ0n) is 15.0. The van der Waals surface area contributed by atoms with Gasteiger partial charge < -0.3 is 9.26 Å². The molecule has 0 fully saturated rings. The molecule has 2 rings (SSSR count). The Kier molecular flexibility index (Phi) is 7.80. The molecule has 4 heteroatoms. The van der Waals surface area contributed by atoms with Gasteiger partial charge in [0.15, 0.2) is 5.58 Å². The van der Waals surface area contributed by atoms with Crippen LogP contribution in [-0.2, 0) is 11.2 Å². The molecule has 1 heterocycles. The first kappa shape index (κ1) is 18.5. The average molecular weight is 331 g/mol. The third kappa shape index (κ3) is 5.66. The van der Waals surface area contributed by atoms with Crippen LogP contribution in [0.1, 0.15) is 77.3 Å². The highest BCUT2D eigenvalue weighted by molar-refractivity contribution is 5.88. The monoisotopic (exact) mass is 331 g/mol. The molecule has 0 spiro atoms. The van der Waals surface area contributed by atoms with E-state index in [1.165, 1.54) is 58.3 Å². The molecule has 132 valence electrons. The van der Waals surface area contributed by atoms with Gasteiger partial charge in [0.1, 0.15) is 5.75 Å². The van der Waals surface area contributed by atoms with Crippen LogP contribution in [0.5, 0.6) is 5.75 Å². The summed E-state index contributed by atoms with van der Waals surface area (Å²) in [5.41, 5.74) is 1.57. The molecule has 24 heavy (non-hydrogen) atoms. The van der Waals surface area contributed by atoms with Crippen LogP contribution in [0.4, 0.5) is 0 Å². The van der Waals surface area contributed by atoms with Crippen LogP contribution in [0.2, 0.25) is 0 Å². The van der Waals surface area contributed by atoms with Crippen LogP contribution < -0.4 is 4.74 Å². The van der Waals surface area contributed by atoms with Gasteiger partial charge in [0.05, 0.1) is 11.1 Å². The minimum absolute atomic E-state index is 0.322. The molecule has 1 aromatic heterocycles. The standard InChI is InChI=1S/C20H29NO3/c1-3-4-5-6-7-8-9-10-11-13-17-20-18(23-16(2)22)14-12-15-19(20)24-21-17/h12,14-15H,3-11,13H2,1-2H3. The van der Waals surface area contributed by atoms with Gasteiger partial charge in [-0.05, 0) is 25.0 Å². The van der Waals surface area contributed by atoms with Crippen molar-refractivity contribution in [3.05, 3.63) is 23.9 Å². The quantitative estimate of drug-likeness (QED) is 0.295. The molecule has 0 unspecified atom stereocenters. The molecule has 0 amide bonds. The summed E-state index contributed by atoms with van der Waals surface area (Å²) in [7, 11) is 0. The number of hydrogen-bond acceptors (Lipinski definition) is 4. The third-order valence-electron chi connectivity index (χ3n) is 4.30. The number of aryl methyl sites for hydroxylation is 1. The van der Waals surface area contributed by atoms with E-state index >= 15 is 0 Å². The van der Waals surface area contributed by atoms with E-state index in [-0.39, 0.29) is 5.97 Å². The minimum atomic E-state index is -0.322. The lowest BCUT2D eigenvalue weighted by Crippen LogP contribution is -2.02. The molecule has 0 saturated carbocycles. The van der Waals surface area contributed by atoms with Crippen LogP contribution in [-0.4, -0.2) is 11.1 Å². The highest BCUT2D eigenvalue weighted by Crippen LogP contribution is 2.30. The molecule has 2 aromatic rings. The van der Waals surface area contributed by atoms with Crippen molar-refractivity contribution >= 4 is 16.9 Å². The van der Waals surface area contributed by atoms with Gasteiger partial charge in [0.2, 0.25) is 0 Å². The van der Waals surface area contributed by atoms with Gasteiger partial charge in [-0.25, -0.2) is 0 Å². The first-order valence-electron chi connectivity index (χ1n) is 9.28. The van der Waals surface area contributed by atoms with Crippen LogP contribution >= 0.6 is 0 Å². The number of ether oxygens (including phenoxy) is 1. The van der Waals surface area contributed by atoms with Crippen molar-refractivity contribution in [2.75, 3.05) is 0 Å². The molecular weight excluding hydrogens is 302 g/mol. The van der Waals surface area contributed by atoms with Gasteiger partial charge in [0.25, 0.3) is 0 Å². The Morgan fingerprint density at radius 2 is 1.71 bits per heavy atom. The van der Waals surface area contributed by atoms with E-state index in [2.05, 4.69) is 12.1 Å². The summed E-state index contributed by atoms with van der Waals surface area (Å²) in [6.45, 7) is 3.66. The lowest BCUT2D eigenvalue weighted by atomic mass is 10.0. The van der Waals surface area contributed by atoms with Gasteiger partial charge in [-0.3, -0.25) is 4.79 Å². The fourth-order valence-corrected chi connectivity index (χ4v) is 3.04. The maximum Gasteiger partial charge on any atom is 0.308 e. The van der Waals surface area contributed by atoms with Crippen LogP contribution in [0.25, 0.3) is 11.0 Å². The van der Waals surface area contributed by atoms with E-state index < -0.39 is 0 Å².